The van der Waals surface area contributed by atoms with Gasteiger partial charge in [-0.3, -0.25) is 4.90 Å². The summed E-state index contributed by atoms with van der Waals surface area (Å²) in [4.78, 5) is 33.4. The van der Waals surface area contributed by atoms with E-state index < -0.39 is 23.3 Å². The zero-order valence-corrected chi connectivity index (χ0v) is 21.1. The largest absolute Gasteiger partial charge is 0.445 e. The van der Waals surface area contributed by atoms with E-state index in [0.717, 1.165) is 16.5 Å². The van der Waals surface area contributed by atoms with Gasteiger partial charge in [0.05, 0.1) is 11.6 Å². The van der Waals surface area contributed by atoms with Gasteiger partial charge in [-0.25, -0.2) is 14.0 Å². The minimum atomic E-state index is -0.725. The first-order valence-electron chi connectivity index (χ1n) is 12.3. The van der Waals surface area contributed by atoms with Gasteiger partial charge < -0.3 is 19.4 Å². The number of ether oxygens (including phenoxy) is 2. The van der Waals surface area contributed by atoms with Crippen LogP contribution in [0.4, 0.5) is 14.0 Å². The number of nitrogens with one attached hydrogen (secondary N) is 1. The van der Waals surface area contributed by atoms with Gasteiger partial charge in [-0.05, 0) is 63.4 Å². The van der Waals surface area contributed by atoms with E-state index in [9.17, 15) is 14.0 Å². The van der Waals surface area contributed by atoms with Crippen LogP contribution in [0, 0.1) is 5.82 Å². The molecular formula is C28H32FN3O4. The van der Waals surface area contributed by atoms with Crippen molar-refractivity contribution in [3.05, 3.63) is 71.7 Å². The van der Waals surface area contributed by atoms with E-state index in [1.807, 2.05) is 64.2 Å². The first-order chi connectivity index (χ1) is 17.1. The predicted octanol–water partition coefficient (Wildman–Crippen LogP) is 5.81. The van der Waals surface area contributed by atoms with Gasteiger partial charge in [-0.2, -0.15) is 0 Å². The molecule has 190 valence electrons. The van der Waals surface area contributed by atoms with E-state index in [2.05, 4.69) is 4.98 Å². The Hall–Kier alpha value is -3.55. The van der Waals surface area contributed by atoms with Crippen LogP contribution >= 0.6 is 0 Å². The van der Waals surface area contributed by atoms with Crippen molar-refractivity contribution in [1.82, 2.24) is 14.8 Å². The molecule has 36 heavy (non-hydrogen) atoms. The van der Waals surface area contributed by atoms with Crippen molar-refractivity contribution < 1.29 is 23.5 Å². The SMILES string of the molecule is CC(C)(C)OC(=O)N1CC[C@H]2N(C(=O)OCc3ccccc3)C[C@H](c3c[nH]c4cc(F)ccc34)[C@]21C. The minimum Gasteiger partial charge on any atom is -0.445 e. The average Bonchev–Trinajstić information content (AvgIpc) is 3.46. The molecule has 7 nitrogen and oxygen atoms in total. The molecular weight excluding hydrogens is 461 g/mol. The molecule has 2 aliphatic heterocycles. The van der Waals surface area contributed by atoms with E-state index in [1.165, 1.54) is 12.1 Å². The van der Waals surface area contributed by atoms with Gasteiger partial charge in [0, 0.05) is 36.1 Å². The number of H-pyrrole nitrogens is 1. The van der Waals surface area contributed by atoms with Crippen molar-refractivity contribution in [2.45, 2.75) is 63.8 Å². The highest BCUT2D eigenvalue weighted by Gasteiger charge is 2.62. The zero-order valence-electron chi connectivity index (χ0n) is 21.1. The molecule has 0 spiro atoms. The lowest BCUT2D eigenvalue weighted by atomic mass is 9.79. The first kappa shape index (κ1) is 24.2. The fraction of sp³-hybridized carbons (Fsp3) is 0.429. The lowest BCUT2D eigenvalue weighted by Gasteiger charge is -2.40. The van der Waals surface area contributed by atoms with Crippen LogP contribution in [0.3, 0.4) is 0 Å². The molecule has 0 bridgehead atoms. The summed E-state index contributed by atoms with van der Waals surface area (Å²) in [5, 5.41) is 0.872. The van der Waals surface area contributed by atoms with Crippen molar-refractivity contribution in [2.75, 3.05) is 13.1 Å². The Balaban J connectivity index is 1.49. The lowest BCUT2D eigenvalue weighted by molar-refractivity contribution is 0.00653. The molecule has 2 saturated heterocycles. The topological polar surface area (TPSA) is 74.9 Å². The number of hydrogen-bond acceptors (Lipinski definition) is 4. The van der Waals surface area contributed by atoms with Crippen molar-refractivity contribution >= 4 is 23.1 Å². The highest BCUT2D eigenvalue weighted by Crippen LogP contribution is 2.51. The van der Waals surface area contributed by atoms with Crippen molar-refractivity contribution in [2.24, 2.45) is 0 Å². The number of aromatic amines is 1. The summed E-state index contributed by atoms with van der Waals surface area (Å²) in [6.45, 7) is 8.56. The van der Waals surface area contributed by atoms with Crippen LogP contribution in [-0.2, 0) is 16.1 Å². The third-order valence-electron chi connectivity index (χ3n) is 7.45. The van der Waals surface area contributed by atoms with Crippen LogP contribution in [0.15, 0.2) is 54.7 Å². The molecule has 5 rings (SSSR count). The second-order valence-corrected chi connectivity index (χ2v) is 10.8. The highest BCUT2D eigenvalue weighted by atomic mass is 19.1. The van der Waals surface area contributed by atoms with Crippen LogP contribution in [0.2, 0.25) is 0 Å². The van der Waals surface area contributed by atoms with Gasteiger partial charge in [0.1, 0.15) is 18.0 Å². The molecule has 0 radical (unpaired) electrons. The maximum Gasteiger partial charge on any atom is 0.410 e. The molecule has 2 fully saturated rings. The van der Waals surface area contributed by atoms with Crippen molar-refractivity contribution in [3.8, 4) is 0 Å². The number of benzene rings is 2. The van der Waals surface area contributed by atoms with Crippen molar-refractivity contribution in [1.29, 1.82) is 0 Å². The fourth-order valence-corrected chi connectivity index (χ4v) is 5.80. The van der Waals surface area contributed by atoms with Gasteiger partial charge in [0.2, 0.25) is 0 Å². The Morgan fingerprint density at radius 2 is 1.89 bits per heavy atom. The lowest BCUT2D eigenvalue weighted by Crippen LogP contribution is -2.54. The number of hydrogen-bond donors (Lipinski definition) is 1. The number of rotatable bonds is 3. The normalized spacial score (nSPS) is 23.7. The van der Waals surface area contributed by atoms with Crippen LogP contribution < -0.4 is 0 Å². The number of carbonyl (C=O) groups excluding carboxylic acids is 2. The summed E-state index contributed by atoms with van der Waals surface area (Å²) in [5.74, 6) is -0.547. The molecule has 2 amide bonds. The Morgan fingerprint density at radius 3 is 2.61 bits per heavy atom. The van der Waals surface area contributed by atoms with Crippen LogP contribution in [-0.4, -0.2) is 57.2 Å². The van der Waals surface area contributed by atoms with E-state index in [-0.39, 0.29) is 24.4 Å². The van der Waals surface area contributed by atoms with Gasteiger partial charge in [-0.15, -0.1) is 0 Å². The highest BCUT2D eigenvalue weighted by molar-refractivity contribution is 5.85. The molecule has 3 atom stereocenters. The van der Waals surface area contributed by atoms with Gasteiger partial charge >= 0.3 is 12.2 Å². The summed E-state index contributed by atoms with van der Waals surface area (Å²) in [5.41, 5.74) is 1.15. The maximum atomic E-state index is 13.9. The summed E-state index contributed by atoms with van der Waals surface area (Å²) in [6, 6.07) is 13.9. The quantitative estimate of drug-likeness (QED) is 0.500. The molecule has 0 saturated carbocycles. The molecule has 3 aromatic rings. The second kappa shape index (κ2) is 8.84. The van der Waals surface area contributed by atoms with Gasteiger partial charge in [0.15, 0.2) is 0 Å². The van der Waals surface area contributed by atoms with Crippen molar-refractivity contribution in [3.63, 3.8) is 0 Å². The molecule has 3 heterocycles. The standard InChI is InChI=1S/C28H32FN3O4/c1-27(2,3)36-26(34)32-13-12-24-28(32,4)22(21-15-30-23-14-19(29)10-11-20(21)23)16-31(24)25(33)35-17-18-8-6-5-7-9-18/h5-11,14-15,22,24,30H,12-13,16-17H2,1-4H3/t22-,24-,28-/m1/s1. The third-order valence-corrected chi connectivity index (χ3v) is 7.45. The number of nitrogens with zero attached hydrogens (tertiary/aromatic N) is 2. The zero-order chi connectivity index (χ0) is 25.7. The molecule has 8 heteroatoms. The smallest absolute Gasteiger partial charge is 0.410 e. The number of carbonyl (C=O) groups is 2. The fourth-order valence-electron chi connectivity index (χ4n) is 5.80. The second-order valence-electron chi connectivity index (χ2n) is 10.8. The van der Waals surface area contributed by atoms with Gasteiger partial charge in [0.25, 0.3) is 0 Å². The number of amides is 2. The number of halogens is 1. The minimum absolute atomic E-state index is 0.173. The molecule has 0 unspecified atom stereocenters. The Labute approximate surface area is 210 Å². The number of fused-ring (bicyclic) bond motifs is 2. The van der Waals surface area contributed by atoms with E-state index in [1.54, 1.807) is 15.9 Å². The molecule has 1 aromatic heterocycles. The van der Waals surface area contributed by atoms with Crippen LogP contribution in [0.1, 0.15) is 51.2 Å². The van der Waals surface area contributed by atoms with Crippen LogP contribution in [0.25, 0.3) is 10.9 Å². The number of likely N-dealkylation sites (tertiary alicyclic amines) is 2. The molecule has 2 aliphatic rings. The number of aromatic nitrogens is 1. The maximum absolute atomic E-state index is 13.9. The van der Waals surface area contributed by atoms with E-state index >= 15 is 0 Å². The first-order valence-corrected chi connectivity index (χ1v) is 12.3. The van der Waals surface area contributed by atoms with E-state index in [4.69, 9.17) is 9.47 Å². The Morgan fingerprint density at radius 1 is 1.14 bits per heavy atom. The molecule has 1 N–H and O–H groups in total. The molecule has 2 aromatic carbocycles. The summed E-state index contributed by atoms with van der Waals surface area (Å²) in [6.07, 6.45) is 1.67. The average molecular weight is 494 g/mol. The summed E-state index contributed by atoms with van der Waals surface area (Å²) < 4.78 is 25.3. The summed E-state index contributed by atoms with van der Waals surface area (Å²) >= 11 is 0. The summed E-state index contributed by atoms with van der Waals surface area (Å²) in [7, 11) is 0. The monoisotopic (exact) mass is 493 g/mol. The van der Waals surface area contributed by atoms with E-state index in [0.29, 0.717) is 25.0 Å². The third kappa shape index (κ3) is 4.18. The van der Waals surface area contributed by atoms with Crippen LogP contribution in [0.5, 0.6) is 0 Å². The predicted molar refractivity (Wildman–Crippen MR) is 134 cm³/mol. The molecule has 0 aliphatic carbocycles. The Bertz CT molecular complexity index is 1280. The Kier molecular flexibility index (Phi) is 5.93. The van der Waals surface area contributed by atoms with Gasteiger partial charge in [-0.1, -0.05) is 30.3 Å².